The van der Waals surface area contributed by atoms with E-state index >= 15 is 0 Å². The van der Waals surface area contributed by atoms with Gasteiger partial charge in [-0.15, -0.1) is 0 Å². The summed E-state index contributed by atoms with van der Waals surface area (Å²) >= 11 is 0. The molecule has 1 aliphatic carbocycles. The molecule has 0 amide bonds. The van der Waals surface area contributed by atoms with Crippen molar-refractivity contribution < 1.29 is 59.9 Å². The fraction of sp³-hybridized carbons (Fsp3) is 0.697. The maximum atomic E-state index is 14.1. The van der Waals surface area contributed by atoms with E-state index < -0.39 is 77.3 Å². The van der Waals surface area contributed by atoms with Gasteiger partial charge in [0, 0.05) is 35.2 Å². The fourth-order valence-electron chi connectivity index (χ4n) is 8.62. The molecule has 2 aromatic rings. The third kappa shape index (κ3) is 5.72. The molecule has 8 rings (SSSR count). The number of hydrogen-bond acceptors (Lipinski definition) is 9. The summed E-state index contributed by atoms with van der Waals surface area (Å²) in [6.07, 6.45) is -10.1. The molecule has 5 saturated heterocycles. The Bertz CT molecular complexity index is 1550. The molecular formula is C33H38F6N2O7. The Labute approximate surface area is 272 Å². The van der Waals surface area contributed by atoms with Crippen LogP contribution in [0.1, 0.15) is 88.6 Å². The summed E-state index contributed by atoms with van der Waals surface area (Å²) in [6.45, 7) is 6.23. The lowest BCUT2D eigenvalue weighted by Crippen LogP contribution is -2.70. The summed E-state index contributed by atoms with van der Waals surface area (Å²) in [4.78, 5) is 29.0. The number of pyridine rings is 1. The molecule has 4 unspecified atom stereocenters. The molecule has 15 heteroatoms. The van der Waals surface area contributed by atoms with Gasteiger partial charge in [-0.2, -0.15) is 26.3 Å². The largest absolute Gasteiger partial charge is 0.511 e. The second kappa shape index (κ2) is 12.0. The summed E-state index contributed by atoms with van der Waals surface area (Å²) in [6, 6.07) is 2.94. The second-order valence-electron chi connectivity index (χ2n) is 14.0. The van der Waals surface area contributed by atoms with Gasteiger partial charge < -0.3 is 24.3 Å². The lowest BCUT2D eigenvalue weighted by atomic mass is 9.58. The highest BCUT2D eigenvalue weighted by Crippen LogP contribution is 2.60. The number of carbonyl (C=O) groups excluding carboxylic acids is 1. The fourth-order valence-corrected chi connectivity index (χ4v) is 8.62. The van der Waals surface area contributed by atoms with Crippen LogP contribution in [0.15, 0.2) is 24.3 Å². The smallest absolute Gasteiger partial charge is 0.424 e. The van der Waals surface area contributed by atoms with Crippen LogP contribution in [0, 0.1) is 23.7 Å². The van der Waals surface area contributed by atoms with Crippen LogP contribution in [0.3, 0.4) is 0 Å². The third-order valence-corrected chi connectivity index (χ3v) is 11.0. The number of carbonyl (C=O) groups is 1. The first-order valence-electron chi connectivity index (χ1n) is 16.5. The van der Waals surface area contributed by atoms with Gasteiger partial charge in [-0.1, -0.05) is 32.4 Å². The second-order valence-corrected chi connectivity index (χ2v) is 14.0. The number of fused-ring (bicyclic) bond motifs is 3. The van der Waals surface area contributed by atoms with E-state index in [9.17, 15) is 31.1 Å². The van der Waals surface area contributed by atoms with Crippen molar-refractivity contribution in [2.75, 3.05) is 6.54 Å². The average Bonchev–Trinajstić information content (AvgIpc) is 3.26. The Morgan fingerprint density at radius 3 is 2.52 bits per heavy atom. The molecule has 6 heterocycles. The molecule has 2 bridgehead atoms. The third-order valence-electron chi connectivity index (χ3n) is 11.0. The van der Waals surface area contributed by atoms with Gasteiger partial charge in [-0.25, -0.2) is 19.6 Å². The molecule has 264 valence electrons. The van der Waals surface area contributed by atoms with Crippen LogP contribution in [0.2, 0.25) is 0 Å². The number of rotatable bonds is 4. The Kier molecular flexibility index (Phi) is 8.41. The Hall–Kier alpha value is -2.72. The number of para-hydroxylation sites is 1. The molecule has 9 nitrogen and oxygen atoms in total. The van der Waals surface area contributed by atoms with E-state index in [0.29, 0.717) is 43.9 Å². The van der Waals surface area contributed by atoms with Gasteiger partial charge in [0.15, 0.2) is 11.9 Å². The van der Waals surface area contributed by atoms with Crippen LogP contribution in [0.4, 0.5) is 31.1 Å². The first-order chi connectivity index (χ1) is 22.6. The van der Waals surface area contributed by atoms with Gasteiger partial charge in [0.25, 0.3) is 0 Å². The van der Waals surface area contributed by atoms with Gasteiger partial charge >= 0.3 is 18.5 Å². The minimum atomic E-state index is -5.08. The monoisotopic (exact) mass is 688 g/mol. The number of ether oxygens (including phenoxy) is 4. The summed E-state index contributed by atoms with van der Waals surface area (Å²) in [5, 5.41) is 2.94. The van der Waals surface area contributed by atoms with Gasteiger partial charge in [0.05, 0.1) is 11.1 Å². The summed E-state index contributed by atoms with van der Waals surface area (Å²) in [5.74, 6) is -1.32. The molecule has 5 aliphatic heterocycles. The maximum Gasteiger partial charge on any atom is 0.511 e. The van der Waals surface area contributed by atoms with Crippen LogP contribution >= 0.6 is 0 Å². The van der Waals surface area contributed by atoms with Crippen LogP contribution < -0.4 is 5.32 Å². The average molecular weight is 689 g/mol. The van der Waals surface area contributed by atoms with Crippen LogP contribution in [-0.2, 0) is 41.1 Å². The van der Waals surface area contributed by atoms with Gasteiger partial charge in [-0.3, -0.25) is 0 Å². The van der Waals surface area contributed by atoms with E-state index in [4.69, 9.17) is 28.7 Å². The normalized spacial score (nSPS) is 37.4. The van der Waals surface area contributed by atoms with Gasteiger partial charge in [-0.05, 0) is 69.5 Å². The van der Waals surface area contributed by atoms with E-state index in [2.05, 4.69) is 17.2 Å². The zero-order valence-corrected chi connectivity index (χ0v) is 26.7. The predicted octanol–water partition coefficient (Wildman–Crippen LogP) is 7.82. The zero-order chi connectivity index (χ0) is 34.2. The number of hydrogen-bond donors (Lipinski definition) is 1. The van der Waals surface area contributed by atoms with Crippen molar-refractivity contribution in [1.29, 1.82) is 0 Å². The van der Waals surface area contributed by atoms with Crippen molar-refractivity contribution in [3.05, 3.63) is 41.1 Å². The Balaban J connectivity index is 1.22. The molecule has 48 heavy (non-hydrogen) atoms. The molecule has 1 N–H and O–H groups in total. The van der Waals surface area contributed by atoms with Crippen molar-refractivity contribution in [2.24, 2.45) is 23.7 Å². The summed E-state index contributed by atoms with van der Waals surface area (Å²) in [7, 11) is 0. The maximum absolute atomic E-state index is 14.1. The van der Waals surface area contributed by atoms with Gasteiger partial charge in [0.1, 0.15) is 11.8 Å². The quantitative estimate of drug-likeness (QED) is 0.196. The molecule has 6 aliphatic rings. The van der Waals surface area contributed by atoms with E-state index in [-0.39, 0.29) is 22.8 Å². The molecule has 1 aromatic heterocycles. The number of aromatic nitrogens is 1. The number of benzene rings is 1. The summed E-state index contributed by atoms with van der Waals surface area (Å²) < 4.78 is 108. The molecule has 0 radical (unpaired) electrons. The lowest BCUT2D eigenvalue weighted by molar-refractivity contribution is -0.576. The van der Waals surface area contributed by atoms with Crippen molar-refractivity contribution in [1.82, 2.24) is 10.3 Å². The molecular weight excluding hydrogens is 650 g/mol. The standard InChI is InChI=1S/C33H38F6N2O7/c1-16-10-11-21-17(2)27(44-28-31(21)20(16)12-13-30(3,46-28)47-48-31)45-29(42)43-26(23-9-4-5-14-40-23)19-15-24(33(37,38)39)41-25-18(19)7-6-8-22(25)32(34,35)36/h6-8,15-17,20-21,23,26-28,40H,4-5,9-14H2,1-3H3/t16-,17-,20+,21+,23?,26?,27?,28-,30+,31?/m1/s1. The van der Waals surface area contributed by atoms with E-state index in [1.165, 1.54) is 6.07 Å². The van der Waals surface area contributed by atoms with Crippen LogP contribution in [0.5, 0.6) is 0 Å². The SMILES string of the molecule is C[C@@H]1CC[C@H]2[C@@H](C)C(OC(=O)OC(c3cc(C(F)(F)F)nc4c(C(F)(F)F)cccc34)C3CCCCN3)O[C@@H]3O[C@]4(C)CC[C@@H]1C32OO4. The minimum absolute atomic E-state index is 0.0621. The van der Waals surface area contributed by atoms with Crippen LogP contribution in [0.25, 0.3) is 10.9 Å². The number of alkyl halides is 6. The number of halogens is 6. The first-order valence-corrected chi connectivity index (χ1v) is 16.5. The minimum Gasteiger partial charge on any atom is -0.424 e. The van der Waals surface area contributed by atoms with Crippen molar-refractivity contribution >= 4 is 17.1 Å². The highest BCUT2D eigenvalue weighted by Gasteiger charge is 2.70. The molecule has 1 saturated carbocycles. The van der Waals surface area contributed by atoms with Crippen LogP contribution in [-0.4, -0.2) is 47.7 Å². The zero-order valence-electron chi connectivity index (χ0n) is 26.7. The van der Waals surface area contributed by atoms with Crippen molar-refractivity contribution in [3.63, 3.8) is 0 Å². The Morgan fingerprint density at radius 1 is 1.02 bits per heavy atom. The van der Waals surface area contributed by atoms with E-state index in [1.807, 2.05) is 6.92 Å². The van der Waals surface area contributed by atoms with Crippen molar-refractivity contribution in [2.45, 2.75) is 114 Å². The topological polar surface area (TPSA) is 97.4 Å². The molecule has 1 aromatic carbocycles. The van der Waals surface area contributed by atoms with E-state index in [0.717, 1.165) is 31.7 Å². The van der Waals surface area contributed by atoms with Crippen molar-refractivity contribution in [3.8, 4) is 0 Å². The Morgan fingerprint density at radius 2 is 1.81 bits per heavy atom. The van der Waals surface area contributed by atoms with E-state index in [1.54, 1.807) is 6.92 Å². The van der Waals surface area contributed by atoms with Gasteiger partial charge in [0.2, 0.25) is 12.1 Å². The number of nitrogens with zero attached hydrogens (tertiary/aromatic N) is 1. The lowest BCUT2D eigenvalue weighted by Gasteiger charge is -2.59. The molecule has 1 spiro atoms. The summed E-state index contributed by atoms with van der Waals surface area (Å²) in [5.41, 5.74) is -4.95. The highest BCUT2D eigenvalue weighted by molar-refractivity contribution is 5.86. The molecule has 10 atom stereocenters. The predicted molar refractivity (Wildman–Crippen MR) is 155 cm³/mol. The number of nitrogens with one attached hydrogen (secondary N) is 1. The molecule has 6 fully saturated rings. The highest BCUT2D eigenvalue weighted by atomic mass is 19.4. The first kappa shape index (κ1) is 33.8. The number of piperidine rings is 1.